The third-order valence-electron chi connectivity index (χ3n) is 5.90. The Morgan fingerprint density at radius 3 is 2.56 bits per heavy atom. The topological polar surface area (TPSA) is 98.9 Å². The van der Waals surface area contributed by atoms with Gasteiger partial charge in [0.05, 0.1) is 25.7 Å². The second kappa shape index (κ2) is 9.46. The molecule has 1 aliphatic heterocycles. The smallest absolute Gasteiger partial charge is 0.276 e. The van der Waals surface area contributed by atoms with Crippen LogP contribution in [0, 0.1) is 12.7 Å². The lowest BCUT2D eigenvalue weighted by atomic mass is 10.1. The number of ether oxygens (including phenoxy) is 2. The highest BCUT2D eigenvalue weighted by molar-refractivity contribution is 7.91. The van der Waals surface area contributed by atoms with E-state index in [0.29, 0.717) is 29.0 Å². The number of carbonyl (C=O) groups is 1. The summed E-state index contributed by atoms with van der Waals surface area (Å²) in [4.78, 5) is 15.0. The van der Waals surface area contributed by atoms with Crippen LogP contribution >= 0.6 is 0 Å². The summed E-state index contributed by atoms with van der Waals surface area (Å²) in [5.41, 5.74) is 1.69. The van der Waals surface area contributed by atoms with Gasteiger partial charge in [-0.3, -0.25) is 4.79 Å². The molecule has 1 fully saturated rings. The van der Waals surface area contributed by atoms with Crippen molar-refractivity contribution in [1.29, 1.82) is 0 Å². The standard InChI is InChI=1S/C24H25FN2O6S/c1-15-4-6-17(11-19(15)25)22-12-20(26-33-22)24(28)27(18-8-9-34(29,30)14-18)13-16-5-7-21(31-2)23(10-16)32-3/h4-7,10-12,18H,8-9,13-14H2,1-3H3/t18-/m1/s1. The number of aryl methyl sites for hydroxylation is 1. The molecular weight excluding hydrogens is 463 g/mol. The predicted molar refractivity (Wildman–Crippen MR) is 123 cm³/mol. The molecule has 0 spiro atoms. The Labute approximate surface area is 197 Å². The average Bonchev–Trinajstić information content (AvgIpc) is 3.45. The van der Waals surface area contributed by atoms with E-state index in [1.165, 1.54) is 31.3 Å². The van der Waals surface area contributed by atoms with Crippen LogP contribution in [0.15, 0.2) is 47.0 Å². The van der Waals surface area contributed by atoms with Crippen LogP contribution in [0.25, 0.3) is 11.3 Å². The van der Waals surface area contributed by atoms with E-state index >= 15 is 0 Å². The van der Waals surface area contributed by atoms with Gasteiger partial charge in [-0.15, -0.1) is 0 Å². The molecule has 4 rings (SSSR count). The molecule has 10 heteroatoms. The molecule has 1 saturated heterocycles. The van der Waals surface area contributed by atoms with E-state index in [2.05, 4.69) is 5.16 Å². The van der Waals surface area contributed by atoms with Gasteiger partial charge in [-0.25, -0.2) is 12.8 Å². The number of nitrogens with zero attached hydrogens (tertiary/aromatic N) is 2. The Morgan fingerprint density at radius 1 is 1.15 bits per heavy atom. The van der Waals surface area contributed by atoms with Gasteiger partial charge >= 0.3 is 0 Å². The van der Waals surface area contributed by atoms with E-state index < -0.39 is 27.6 Å². The lowest BCUT2D eigenvalue weighted by Gasteiger charge is -2.27. The minimum Gasteiger partial charge on any atom is -0.493 e. The fourth-order valence-corrected chi connectivity index (χ4v) is 5.70. The molecule has 0 N–H and O–H groups in total. The number of halogens is 1. The molecule has 1 atom stereocenters. The number of carbonyl (C=O) groups excluding carboxylic acids is 1. The van der Waals surface area contributed by atoms with E-state index in [1.807, 2.05) is 0 Å². The average molecular weight is 489 g/mol. The van der Waals surface area contributed by atoms with Gasteiger partial charge < -0.3 is 18.9 Å². The molecule has 180 valence electrons. The van der Waals surface area contributed by atoms with Crippen molar-refractivity contribution >= 4 is 15.7 Å². The molecule has 1 aliphatic rings. The summed E-state index contributed by atoms with van der Waals surface area (Å²) in [6.45, 7) is 1.79. The molecule has 1 amide bonds. The predicted octanol–water partition coefficient (Wildman–Crippen LogP) is 3.64. The zero-order valence-corrected chi connectivity index (χ0v) is 19.9. The maximum atomic E-state index is 14.0. The summed E-state index contributed by atoms with van der Waals surface area (Å²) in [6.07, 6.45) is 0.329. The van der Waals surface area contributed by atoms with Crippen LogP contribution < -0.4 is 9.47 Å². The van der Waals surface area contributed by atoms with Crippen LogP contribution in [0.4, 0.5) is 4.39 Å². The first-order valence-electron chi connectivity index (χ1n) is 10.7. The van der Waals surface area contributed by atoms with Crippen molar-refractivity contribution in [2.45, 2.75) is 25.9 Å². The largest absolute Gasteiger partial charge is 0.493 e. The van der Waals surface area contributed by atoms with Crippen molar-refractivity contribution < 1.29 is 31.6 Å². The fraction of sp³-hybridized carbons (Fsp3) is 0.333. The minimum atomic E-state index is -3.24. The summed E-state index contributed by atoms with van der Waals surface area (Å²) < 4.78 is 54.2. The van der Waals surface area contributed by atoms with E-state index in [4.69, 9.17) is 14.0 Å². The summed E-state index contributed by atoms with van der Waals surface area (Å²) in [5, 5.41) is 3.89. The van der Waals surface area contributed by atoms with Crippen LogP contribution in [0.3, 0.4) is 0 Å². The number of hydrogen-bond donors (Lipinski definition) is 0. The first-order chi connectivity index (χ1) is 16.2. The Kier molecular flexibility index (Phi) is 6.60. The van der Waals surface area contributed by atoms with Crippen LogP contribution in [0.1, 0.15) is 28.0 Å². The first-order valence-corrected chi connectivity index (χ1v) is 12.5. The molecule has 3 aromatic rings. The van der Waals surface area contributed by atoms with Crippen LogP contribution in [-0.2, 0) is 16.4 Å². The number of benzene rings is 2. The summed E-state index contributed by atoms with van der Waals surface area (Å²) in [6, 6.07) is 10.8. The van der Waals surface area contributed by atoms with Crippen molar-refractivity contribution in [3.05, 3.63) is 65.1 Å². The van der Waals surface area contributed by atoms with Crippen LogP contribution in [-0.4, -0.2) is 56.1 Å². The Morgan fingerprint density at radius 2 is 1.91 bits per heavy atom. The summed E-state index contributed by atoms with van der Waals surface area (Å²) in [7, 11) is -0.203. The molecule has 0 bridgehead atoms. The monoisotopic (exact) mass is 488 g/mol. The minimum absolute atomic E-state index is 0.0140. The fourth-order valence-electron chi connectivity index (χ4n) is 3.97. The van der Waals surface area contributed by atoms with Gasteiger partial charge in [0.2, 0.25) is 0 Å². The quantitative estimate of drug-likeness (QED) is 0.501. The Hall–Kier alpha value is -3.40. The van der Waals surface area contributed by atoms with Gasteiger partial charge in [0.1, 0.15) is 5.82 Å². The van der Waals surface area contributed by atoms with Crippen molar-refractivity contribution in [3.8, 4) is 22.8 Å². The molecule has 1 aromatic heterocycles. The summed E-state index contributed by atoms with van der Waals surface area (Å²) >= 11 is 0. The Balaban J connectivity index is 1.65. The highest BCUT2D eigenvalue weighted by Crippen LogP contribution is 2.30. The van der Waals surface area contributed by atoms with Crippen molar-refractivity contribution in [2.24, 2.45) is 0 Å². The third-order valence-corrected chi connectivity index (χ3v) is 7.65. The number of aromatic nitrogens is 1. The SMILES string of the molecule is COc1ccc(CN(C(=O)c2cc(-c3ccc(C)c(F)c3)on2)[C@@H]2CCS(=O)(=O)C2)cc1OC. The second-order valence-electron chi connectivity index (χ2n) is 8.22. The van der Waals surface area contributed by atoms with Crippen LogP contribution in [0.5, 0.6) is 11.5 Å². The number of methoxy groups -OCH3 is 2. The lowest BCUT2D eigenvalue weighted by molar-refractivity contribution is 0.0670. The van der Waals surface area contributed by atoms with Gasteiger partial charge in [0.25, 0.3) is 5.91 Å². The molecule has 34 heavy (non-hydrogen) atoms. The molecule has 2 heterocycles. The number of hydrogen-bond acceptors (Lipinski definition) is 7. The molecular formula is C24H25FN2O6S. The van der Waals surface area contributed by atoms with Crippen LogP contribution in [0.2, 0.25) is 0 Å². The van der Waals surface area contributed by atoms with Crippen molar-refractivity contribution in [2.75, 3.05) is 25.7 Å². The highest BCUT2D eigenvalue weighted by Gasteiger charge is 2.36. The molecule has 0 saturated carbocycles. The van der Waals surface area contributed by atoms with E-state index in [9.17, 15) is 17.6 Å². The van der Waals surface area contributed by atoms with Crippen molar-refractivity contribution in [1.82, 2.24) is 10.1 Å². The Bertz CT molecular complexity index is 1320. The second-order valence-corrected chi connectivity index (χ2v) is 10.4. The first kappa shape index (κ1) is 23.7. The number of rotatable bonds is 7. The van der Waals surface area contributed by atoms with Gasteiger partial charge in [-0.05, 0) is 42.7 Å². The molecule has 0 unspecified atom stereocenters. The lowest BCUT2D eigenvalue weighted by Crippen LogP contribution is -2.40. The molecule has 8 nitrogen and oxygen atoms in total. The molecule has 0 aliphatic carbocycles. The van der Waals surface area contributed by atoms with E-state index in [1.54, 1.807) is 37.3 Å². The third kappa shape index (κ3) is 4.91. The number of amides is 1. The number of sulfone groups is 1. The zero-order chi connectivity index (χ0) is 24.5. The van der Waals surface area contributed by atoms with E-state index in [-0.39, 0.29) is 29.5 Å². The van der Waals surface area contributed by atoms with Gasteiger partial charge in [-0.2, -0.15) is 0 Å². The zero-order valence-electron chi connectivity index (χ0n) is 19.1. The van der Waals surface area contributed by atoms with E-state index in [0.717, 1.165) is 5.56 Å². The van der Waals surface area contributed by atoms with Gasteiger partial charge in [0, 0.05) is 24.2 Å². The molecule has 2 aromatic carbocycles. The van der Waals surface area contributed by atoms with Gasteiger partial charge in [0.15, 0.2) is 32.8 Å². The maximum Gasteiger partial charge on any atom is 0.276 e. The highest BCUT2D eigenvalue weighted by atomic mass is 32.2. The maximum absolute atomic E-state index is 14.0. The van der Waals surface area contributed by atoms with Gasteiger partial charge in [-0.1, -0.05) is 23.4 Å². The normalized spacial score (nSPS) is 16.9. The van der Waals surface area contributed by atoms with Crippen molar-refractivity contribution in [3.63, 3.8) is 0 Å². The molecule has 0 radical (unpaired) electrons. The summed E-state index contributed by atoms with van der Waals surface area (Å²) in [5.74, 6) is 0.301.